The van der Waals surface area contributed by atoms with Crippen molar-refractivity contribution in [3.63, 3.8) is 0 Å². The largest absolute Gasteiger partial charge is 0.332 e. The Morgan fingerprint density at radius 3 is 2.95 bits per heavy atom. The molecule has 0 amide bonds. The van der Waals surface area contributed by atoms with E-state index >= 15 is 0 Å². The van der Waals surface area contributed by atoms with Gasteiger partial charge in [-0.2, -0.15) is 4.98 Å². The molecule has 0 saturated carbocycles. The smallest absolute Gasteiger partial charge is 0.276 e. The summed E-state index contributed by atoms with van der Waals surface area (Å²) < 4.78 is 5.30. The Hall–Kier alpha value is -1.79. The van der Waals surface area contributed by atoms with Gasteiger partial charge in [-0.05, 0) is 44.5 Å². The number of nitrogens with two attached hydrogens (primary N) is 1. The molecule has 1 unspecified atom stereocenters. The molecule has 2 N–H and O–H groups in total. The molecule has 0 aromatic carbocycles. The quantitative estimate of drug-likeness (QED) is 0.910. The first kappa shape index (κ1) is 13.2. The molecule has 0 radical (unpaired) electrons. The molecule has 1 aliphatic heterocycles. The van der Waals surface area contributed by atoms with Crippen molar-refractivity contribution in [2.75, 3.05) is 19.6 Å². The van der Waals surface area contributed by atoms with Crippen molar-refractivity contribution in [1.29, 1.82) is 0 Å². The van der Waals surface area contributed by atoms with Crippen molar-refractivity contribution >= 4 is 0 Å². The van der Waals surface area contributed by atoms with Gasteiger partial charge in [0, 0.05) is 12.7 Å². The Bertz CT molecular complexity index is 576. The summed E-state index contributed by atoms with van der Waals surface area (Å²) >= 11 is 0. The van der Waals surface area contributed by atoms with Gasteiger partial charge in [0.1, 0.15) is 5.69 Å². The number of likely N-dealkylation sites (tertiary alicyclic amines) is 1. The molecule has 1 fully saturated rings. The summed E-state index contributed by atoms with van der Waals surface area (Å²) in [5.74, 6) is 0.993. The maximum absolute atomic E-state index is 6.16. The van der Waals surface area contributed by atoms with Crippen LogP contribution in [-0.2, 0) is 0 Å². The van der Waals surface area contributed by atoms with Crippen LogP contribution in [0, 0.1) is 6.92 Å². The summed E-state index contributed by atoms with van der Waals surface area (Å²) in [7, 11) is 0. The third-order valence-corrected chi connectivity index (χ3v) is 3.64. The van der Waals surface area contributed by atoms with Gasteiger partial charge in [-0.3, -0.25) is 4.98 Å². The molecule has 0 bridgehead atoms. The number of aromatic nitrogens is 3. The van der Waals surface area contributed by atoms with Crippen molar-refractivity contribution < 1.29 is 4.52 Å². The Balaban J connectivity index is 1.74. The first-order chi connectivity index (χ1) is 9.74. The number of aryl methyl sites for hydroxylation is 1. The van der Waals surface area contributed by atoms with E-state index in [0.717, 1.165) is 30.9 Å². The number of rotatable bonds is 4. The van der Waals surface area contributed by atoms with Crippen molar-refractivity contribution in [2.45, 2.75) is 25.8 Å². The summed E-state index contributed by atoms with van der Waals surface area (Å²) in [6, 6.07) is 3.64. The third-order valence-electron chi connectivity index (χ3n) is 3.64. The van der Waals surface area contributed by atoms with Crippen LogP contribution in [-0.4, -0.2) is 39.7 Å². The summed E-state index contributed by atoms with van der Waals surface area (Å²) in [5.41, 5.74) is 7.89. The van der Waals surface area contributed by atoms with Crippen LogP contribution in [0.25, 0.3) is 11.6 Å². The zero-order valence-electron chi connectivity index (χ0n) is 11.6. The summed E-state index contributed by atoms with van der Waals surface area (Å²) in [6.45, 7) is 4.96. The molecule has 6 heteroatoms. The second-order valence-electron chi connectivity index (χ2n) is 5.24. The minimum absolute atomic E-state index is 0.213. The lowest BCUT2D eigenvalue weighted by atomic mass is 10.2. The van der Waals surface area contributed by atoms with Crippen LogP contribution in [0.2, 0.25) is 0 Å². The van der Waals surface area contributed by atoms with Crippen LogP contribution < -0.4 is 5.73 Å². The molecule has 20 heavy (non-hydrogen) atoms. The lowest BCUT2D eigenvalue weighted by molar-refractivity contribution is 0.306. The Labute approximate surface area is 118 Å². The standard InChI is InChI=1S/C14H19N5O/c1-10-5-4-6-16-12(10)14-17-13(18-20-14)11(15)9-19-7-2-3-8-19/h4-6,11H,2-3,7-9,15H2,1H3. The molecular formula is C14H19N5O. The zero-order valence-corrected chi connectivity index (χ0v) is 11.6. The fourth-order valence-corrected chi connectivity index (χ4v) is 2.52. The predicted molar refractivity (Wildman–Crippen MR) is 74.9 cm³/mol. The van der Waals surface area contributed by atoms with Gasteiger partial charge >= 0.3 is 0 Å². The van der Waals surface area contributed by atoms with E-state index < -0.39 is 0 Å². The van der Waals surface area contributed by atoms with Gasteiger partial charge < -0.3 is 15.2 Å². The van der Waals surface area contributed by atoms with Gasteiger partial charge in [0.25, 0.3) is 5.89 Å². The molecule has 1 atom stereocenters. The van der Waals surface area contributed by atoms with Crippen LogP contribution in [0.5, 0.6) is 0 Å². The zero-order chi connectivity index (χ0) is 13.9. The SMILES string of the molecule is Cc1cccnc1-c1nc(C(N)CN2CCCC2)no1. The molecular weight excluding hydrogens is 254 g/mol. The average molecular weight is 273 g/mol. The molecule has 3 rings (SSSR count). The Kier molecular flexibility index (Phi) is 3.75. The maximum Gasteiger partial charge on any atom is 0.276 e. The topological polar surface area (TPSA) is 81.1 Å². The highest BCUT2D eigenvalue weighted by Gasteiger charge is 2.21. The molecule has 106 valence electrons. The van der Waals surface area contributed by atoms with E-state index in [1.807, 2.05) is 19.1 Å². The van der Waals surface area contributed by atoms with Crippen LogP contribution in [0.3, 0.4) is 0 Å². The van der Waals surface area contributed by atoms with Gasteiger partial charge in [0.15, 0.2) is 5.82 Å². The average Bonchev–Trinajstić information content (AvgIpc) is 3.10. The third kappa shape index (κ3) is 2.71. The van der Waals surface area contributed by atoms with E-state index in [4.69, 9.17) is 10.3 Å². The number of hydrogen-bond donors (Lipinski definition) is 1. The van der Waals surface area contributed by atoms with Crippen molar-refractivity contribution in [1.82, 2.24) is 20.0 Å². The van der Waals surface area contributed by atoms with Gasteiger partial charge in [-0.15, -0.1) is 0 Å². The lowest BCUT2D eigenvalue weighted by Gasteiger charge is -2.17. The second kappa shape index (κ2) is 5.68. The monoisotopic (exact) mass is 273 g/mol. The maximum atomic E-state index is 6.16. The lowest BCUT2D eigenvalue weighted by Crippen LogP contribution is -2.30. The minimum Gasteiger partial charge on any atom is -0.332 e. The Morgan fingerprint density at radius 2 is 2.20 bits per heavy atom. The van der Waals surface area contributed by atoms with Crippen molar-refractivity contribution in [2.24, 2.45) is 5.73 Å². The van der Waals surface area contributed by atoms with Crippen molar-refractivity contribution in [3.05, 3.63) is 29.7 Å². The normalized spacial score (nSPS) is 17.5. The van der Waals surface area contributed by atoms with Gasteiger partial charge in [-0.1, -0.05) is 11.2 Å². The summed E-state index contributed by atoms with van der Waals surface area (Å²) in [6.07, 6.45) is 4.21. The van der Waals surface area contributed by atoms with E-state index in [9.17, 15) is 0 Å². The molecule has 2 aromatic heterocycles. The van der Waals surface area contributed by atoms with Gasteiger partial charge in [0.2, 0.25) is 0 Å². The highest BCUT2D eigenvalue weighted by molar-refractivity contribution is 5.51. The molecule has 1 saturated heterocycles. The number of hydrogen-bond acceptors (Lipinski definition) is 6. The predicted octanol–water partition coefficient (Wildman–Crippen LogP) is 1.54. The molecule has 1 aliphatic rings. The highest BCUT2D eigenvalue weighted by Crippen LogP contribution is 2.20. The van der Waals surface area contributed by atoms with E-state index in [2.05, 4.69) is 20.0 Å². The van der Waals surface area contributed by atoms with E-state index in [1.54, 1.807) is 6.20 Å². The minimum atomic E-state index is -0.213. The van der Waals surface area contributed by atoms with Gasteiger partial charge in [-0.25, -0.2) is 0 Å². The van der Waals surface area contributed by atoms with E-state index in [1.165, 1.54) is 12.8 Å². The highest BCUT2D eigenvalue weighted by atomic mass is 16.5. The Morgan fingerprint density at radius 1 is 1.40 bits per heavy atom. The number of pyridine rings is 1. The summed E-state index contributed by atoms with van der Waals surface area (Å²) in [5, 5.41) is 4.00. The molecule has 0 aliphatic carbocycles. The molecule has 0 spiro atoms. The second-order valence-corrected chi connectivity index (χ2v) is 5.24. The number of nitrogens with zero attached hydrogens (tertiary/aromatic N) is 4. The van der Waals surface area contributed by atoms with Crippen LogP contribution in [0.4, 0.5) is 0 Å². The van der Waals surface area contributed by atoms with Crippen LogP contribution in [0.15, 0.2) is 22.9 Å². The van der Waals surface area contributed by atoms with Crippen LogP contribution in [0.1, 0.15) is 30.3 Å². The van der Waals surface area contributed by atoms with Gasteiger partial charge in [0.05, 0.1) is 6.04 Å². The van der Waals surface area contributed by atoms with Crippen molar-refractivity contribution in [3.8, 4) is 11.6 Å². The first-order valence-corrected chi connectivity index (χ1v) is 6.97. The first-order valence-electron chi connectivity index (χ1n) is 6.97. The van der Waals surface area contributed by atoms with Crippen LogP contribution >= 0.6 is 0 Å². The fraction of sp³-hybridized carbons (Fsp3) is 0.500. The summed E-state index contributed by atoms with van der Waals surface area (Å²) in [4.78, 5) is 11.0. The molecule has 2 aromatic rings. The molecule has 3 heterocycles. The van der Waals surface area contributed by atoms with E-state index in [-0.39, 0.29) is 6.04 Å². The van der Waals surface area contributed by atoms with E-state index in [0.29, 0.717) is 11.7 Å². The fourth-order valence-electron chi connectivity index (χ4n) is 2.52. The molecule has 6 nitrogen and oxygen atoms in total.